The Morgan fingerprint density at radius 3 is 2.50 bits per heavy atom. The fraction of sp³-hybridized carbons (Fsp3) is 0.235. The number of hydrogen-bond acceptors (Lipinski definition) is 7. The van der Waals surface area contributed by atoms with E-state index in [-0.39, 0.29) is 35.1 Å². The van der Waals surface area contributed by atoms with Gasteiger partial charge >= 0.3 is 6.18 Å². The molecule has 1 aromatic heterocycles. The minimum Gasteiger partial charge on any atom is -0.394 e. The Bertz CT molecular complexity index is 1120. The second-order valence-corrected chi connectivity index (χ2v) is 7.79. The number of aliphatic hydroxyl groups excluding tert-OH is 1. The molecule has 0 atom stereocenters. The first-order valence-corrected chi connectivity index (χ1v) is 10.0. The van der Waals surface area contributed by atoms with Crippen LogP contribution in [0.25, 0.3) is 11.4 Å². The number of anilines is 1. The molecule has 13 heteroatoms. The molecule has 3 aromatic rings. The molecule has 160 valence electrons. The predicted octanol–water partition coefficient (Wildman–Crippen LogP) is 1.68. The van der Waals surface area contributed by atoms with E-state index >= 15 is 0 Å². The van der Waals surface area contributed by atoms with Crippen LogP contribution in [0, 0.1) is 0 Å². The van der Waals surface area contributed by atoms with Gasteiger partial charge in [0, 0.05) is 12.6 Å². The Kier molecular flexibility index (Phi) is 6.05. The number of nitrogens with zero attached hydrogens (tertiary/aromatic N) is 5. The summed E-state index contributed by atoms with van der Waals surface area (Å²) in [5, 5.41) is 21.4. The van der Waals surface area contributed by atoms with Crippen LogP contribution >= 0.6 is 0 Å². The molecule has 2 aromatic carbocycles. The fourth-order valence-electron chi connectivity index (χ4n) is 2.60. The zero-order chi connectivity index (χ0) is 21.9. The van der Waals surface area contributed by atoms with Gasteiger partial charge < -0.3 is 5.11 Å². The van der Waals surface area contributed by atoms with Crippen molar-refractivity contribution in [1.29, 1.82) is 0 Å². The van der Waals surface area contributed by atoms with Gasteiger partial charge in [-0.15, -0.1) is 15.0 Å². The van der Waals surface area contributed by atoms with Crippen molar-refractivity contribution in [1.82, 2.24) is 25.0 Å². The Morgan fingerprint density at radius 1 is 1.17 bits per heavy atom. The molecule has 0 bridgehead atoms. The number of aromatic nitrogens is 4. The summed E-state index contributed by atoms with van der Waals surface area (Å²) < 4.78 is 64.8. The van der Waals surface area contributed by atoms with E-state index in [4.69, 9.17) is 5.11 Å². The average Bonchev–Trinajstić information content (AvgIpc) is 3.16. The van der Waals surface area contributed by atoms with E-state index in [2.05, 4.69) is 20.2 Å². The molecule has 0 amide bonds. The molecule has 3 rings (SSSR count). The van der Waals surface area contributed by atoms with Gasteiger partial charge in [-0.25, -0.2) is 8.42 Å². The molecule has 0 radical (unpaired) electrons. The number of nitrogens with one attached hydrogen (secondary N) is 1. The van der Waals surface area contributed by atoms with Crippen molar-refractivity contribution >= 4 is 15.7 Å². The molecule has 2 N–H and O–H groups in total. The number of aliphatic hydroxyl groups is 1. The predicted molar refractivity (Wildman–Crippen MR) is 101 cm³/mol. The molecule has 0 spiro atoms. The highest BCUT2D eigenvalue weighted by Crippen LogP contribution is 2.36. The molecular weight excluding hydrogens is 425 g/mol. The van der Waals surface area contributed by atoms with Crippen molar-refractivity contribution in [3.63, 3.8) is 0 Å². The third-order valence-electron chi connectivity index (χ3n) is 3.99. The van der Waals surface area contributed by atoms with Crippen LogP contribution in [0.2, 0.25) is 0 Å². The third kappa shape index (κ3) is 4.75. The van der Waals surface area contributed by atoms with Crippen LogP contribution < -0.4 is 9.84 Å². The van der Waals surface area contributed by atoms with Crippen molar-refractivity contribution in [2.75, 3.05) is 18.7 Å². The van der Waals surface area contributed by atoms with Crippen LogP contribution in [-0.2, 0) is 22.7 Å². The first-order chi connectivity index (χ1) is 14.1. The Morgan fingerprint density at radius 2 is 1.87 bits per heavy atom. The smallest absolute Gasteiger partial charge is 0.394 e. The molecule has 0 fully saturated rings. The average molecular weight is 442 g/mol. The van der Waals surface area contributed by atoms with Gasteiger partial charge in [0.25, 0.3) is 10.0 Å². The Balaban J connectivity index is 2.02. The van der Waals surface area contributed by atoms with Crippen molar-refractivity contribution in [3.05, 3.63) is 54.1 Å². The van der Waals surface area contributed by atoms with E-state index in [0.717, 1.165) is 28.0 Å². The quantitative estimate of drug-likeness (QED) is 0.535. The summed E-state index contributed by atoms with van der Waals surface area (Å²) in [4.78, 5) is 3.30. The van der Waals surface area contributed by atoms with Crippen LogP contribution in [0.3, 0.4) is 0 Å². The van der Waals surface area contributed by atoms with Crippen LogP contribution in [0.4, 0.5) is 18.9 Å². The van der Waals surface area contributed by atoms with E-state index in [1.807, 2.05) is 0 Å². The number of rotatable bonds is 7. The normalized spacial score (nSPS) is 12.2. The van der Waals surface area contributed by atoms with Gasteiger partial charge in [-0.3, -0.25) is 5.01 Å². The summed E-state index contributed by atoms with van der Waals surface area (Å²) >= 11 is 0. The number of tetrazole rings is 1. The molecule has 0 saturated carbocycles. The molecule has 0 saturated heterocycles. The first-order valence-electron chi connectivity index (χ1n) is 8.53. The summed E-state index contributed by atoms with van der Waals surface area (Å²) in [6.45, 7) is -0.292. The number of hydrogen-bond donors (Lipinski definition) is 2. The van der Waals surface area contributed by atoms with Crippen molar-refractivity contribution < 1.29 is 26.7 Å². The maximum Gasteiger partial charge on any atom is 0.416 e. The van der Waals surface area contributed by atoms with Gasteiger partial charge in [-0.2, -0.15) is 18.0 Å². The highest BCUT2D eigenvalue weighted by molar-refractivity contribution is 7.89. The van der Waals surface area contributed by atoms with Crippen LogP contribution in [0.5, 0.6) is 0 Å². The van der Waals surface area contributed by atoms with Gasteiger partial charge in [-0.05, 0) is 35.5 Å². The van der Waals surface area contributed by atoms with Gasteiger partial charge in [0.1, 0.15) is 0 Å². The SMILES string of the molecule is CN(NS(=O)(=O)c1ccccc1)c1ccc(C(F)(F)F)cc1-c1nnn(CCO)n1. The van der Waals surface area contributed by atoms with Gasteiger partial charge in [0.05, 0.1) is 29.3 Å². The molecule has 9 nitrogen and oxygen atoms in total. The second kappa shape index (κ2) is 8.38. The van der Waals surface area contributed by atoms with E-state index in [9.17, 15) is 21.6 Å². The van der Waals surface area contributed by atoms with Crippen LogP contribution in [0.1, 0.15) is 5.56 Å². The number of halogens is 3. The lowest BCUT2D eigenvalue weighted by molar-refractivity contribution is -0.137. The Hall–Kier alpha value is -3.03. The zero-order valence-corrected chi connectivity index (χ0v) is 16.4. The summed E-state index contributed by atoms with van der Waals surface area (Å²) in [7, 11) is -2.65. The van der Waals surface area contributed by atoms with E-state index in [0.29, 0.717) is 0 Å². The number of alkyl halides is 3. The maximum atomic E-state index is 13.2. The summed E-state index contributed by atoms with van der Waals surface area (Å²) in [6, 6.07) is 10.2. The molecule has 0 unspecified atom stereocenters. The summed E-state index contributed by atoms with van der Waals surface area (Å²) in [6.07, 6.45) is -4.63. The number of sulfonamides is 1. The van der Waals surface area contributed by atoms with Crippen molar-refractivity contribution in [2.45, 2.75) is 17.6 Å². The lowest BCUT2D eigenvalue weighted by atomic mass is 10.1. The third-order valence-corrected chi connectivity index (χ3v) is 5.40. The minimum absolute atomic E-state index is 0.00221. The summed E-state index contributed by atoms with van der Waals surface area (Å²) in [5.41, 5.74) is -0.975. The van der Waals surface area contributed by atoms with Crippen LogP contribution in [0.15, 0.2) is 53.4 Å². The maximum absolute atomic E-state index is 13.2. The molecule has 0 aliphatic carbocycles. The van der Waals surface area contributed by atoms with Crippen molar-refractivity contribution in [3.8, 4) is 11.4 Å². The van der Waals surface area contributed by atoms with E-state index in [1.54, 1.807) is 18.2 Å². The first kappa shape index (κ1) is 21.7. The van der Waals surface area contributed by atoms with E-state index in [1.165, 1.54) is 19.2 Å². The summed E-state index contributed by atoms with van der Waals surface area (Å²) in [5.74, 6) is -0.157. The van der Waals surface area contributed by atoms with E-state index < -0.39 is 21.8 Å². The fourth-order valence-corrected chi connectivity index (χ4v) is 3.68. The highest BCUT2D eigenvalue weighted by atomic mass is 32.2. The van der Waals surface area contributed by atoms with Gasteiger partial charge in [-0.1, -0.05) is 18.2 Å². The topological polar surface area (TPSA) is 113 Å². The standard InChI is InChI=1S/C17H17F3N6O3S/c1-25(24-30(28,29)13-5-3-2-4-6-13)15-8-7-12(17(18,19)20)11-14(15)16-21-23-26(22-16)9-10-27/h2-8,11,24,27H,9-10H2,1H3. The molecular formula is C17H17F3N6O3S. The lowest BCUT2D eigenvalue weighted by Crippen LogP contribution is -2.39. The Labute approximate surface area is 169 Å². The van der Waals surface area contributed by atoms with Gasteiger partial charge in [0.15, 0.2) is 0 Å². The van der Waals surface area contributed by atoms with Crippen LogP contribution in [-0.4, -0.2) is 47.4 Å². The zero-order valence-electron chi connectivity index (χ0n) is 15.6. The lowest BCUT2D eigenvalue weighted by Gasteiger charge is -2.23. The minimum atomic E-state index is -4.63. The second-order valence-electron chi connectivity index (χ2n) is 6.13. The number of hydrazine groups is 1. The highest BCUT2D eigenvalue weighted by Gasteiger charge is 2.32. The number of benzene rings is 2. The molecule has 30 heavy (non-hydrogen) atoms. The molecule has 0 aliphatic heterocycles. The molecule has 0 aliphatic rings. The van der Waals surface area contributed by atoms with Gasteiger partial charge in [0.2, 0.25) is 5.82 Å². The largest absolute Gasteiger partial charge is 0.416 e. The molecule has 1 heterocycles. The monoisotopic (exact) mass is 442 g/mol. The van der Waals surface area contributed by atoms with Crippen molar-refractivity contribution in [2.24, 2.45) is 0 Å².